The van der Waals surface area contributed by atoms with Gasteiger partial charge in [-0.1, -0.05) is 43.3 Å². The molecule has 1 aromatic heterocycles. The van der Waals surface area contributed by atoms with Crippen LogP contribution in [0.15, 0.2) is 48.5 Å². The molecule has 0 aliphatic carbocycles. The van der Waals surface area contributed by atoms with Gasteiger partial charge in [0.1, 0.15) is 11.4 Å². The molecule has 1 aromatic carbocycles. The lowest BCUT2D eigenvalue weighted by molar-refractivity contribution is 0.0677. The fourth-order valence-corrected chi connectivity index (χ4v) is 3.31. The summed E-state index contributed by atoms with van der Waals surface area (Å²) in [4.78, 5) is 31.4. The molecule has 0 bridgehead atoms. The fourth-order valence-electron chi connectivity index (χ4n) is 3.31. The minimum atomic E-state index is -0.275. The Morgan fingerprint density at radius 2 is 1.85 bits per heavy atom. The molecule has 3 rings (SSSR count). The van der Waals surface area contributed by atoms with Crippen LogP contribution in [-0.2, 0) is 0 Å². The predicted octanol–water partition coefficient (Wildman–Crippen LogP) is 3.44. The van der Waals surface area contributed by atoms with Gasteiger partial charge >= 0.3 is 0 Å². The van der Waals surface area contributed by atoms with E-state index in [0.717, 1.165) is 31.5 Å². The van der Waals surface area contributed by atoms with E-state index in [-0.39, 0.29) is 23.6 Å². The number of benzene rings is 1. The molecule has 0 saturated carbocycles. The summed E-state index contributed by atoms with van der Waals surface area (Å²) in [7, 11) is 0. The Labute approximate surface area is 154 Å². The molecule has 136 valence electrons. The second-order valence-corrected chi connectivity index (χ2v) is 7.01. The van der Waals surface area contributed by atoms with Gasteiger partial charge < -0.3 is 10.2 Å². The number of nitrogens with one attached hydrogen (secondary N) is 1. The SMILES string of the molecule is CC1CCCN(C(=O)c2cccc(C(=O)NC(C)c3ccccc3)n2)C1. The number of pyridine rings is 1. The smallest absolute Gasteiger partial charge is 0.272 e. The van der Waals surface area contributed by atoms with Gasteiger partial charge in [0.25, 0.3) is 11.8 Å². The number of amides is 2. The Hall–Kier alpha value is -2.69. The van der Waals surface area contributed by atoms with Crippen LogP contribution in [-0.4, -0.2) is 34.8 Å². The highest BCUT2D eigenvalue weighted by atomic mass is 16.2. The maximum Gasteiger partial charge on any atom is 0.272 e. The van der Waals surface area contributed by atoms with Gasteiger partial charge in [-0.05, 0) is 43.4 Å². The number of rotatable bonds is 4. The van der Waals surface area contributed by atoms with Gasteiger partial charge in [-0.2, -0.15) is 0 Å². The Bertz CT molecular complexity index is 776. The Morgan fingerprint density at radius 3 is 2.58 bits per heavy atom. The lowest BCUT2D eigenvalue weighted by Gasteiger charge is -2.30. The van der Waals surface area contributed by atoms with E-state index in [1.54, 1.807) is 18.2 Å². The summed E-state index contributed by atoms with van der Waals surface area (Å²) in [6.45, 7) is 5.59. The van der Waals surface area contributed by atoms with Crippen LogP contribution >= 0.6 is 0 Å². The number of likely N-dealkylation sites (tertiary alicyclic amines) is 1. The first-order chi connectivity index (χ1) is 12.5. The van der Waals surface area contributed by atoms with Crippen molar-refractivity contribution in [1.29, 1.82) is 0 Å². The summed E-state index contributed by atoms with van der Waals surface area (Å²) >= 11 is 0. The van der Waals surface area contributed by atoms with E-state index in [9.17, 15) is 9.59 Å². The first kappa shape index (κ1) is 18.1. The van der Waals surface area contributed by atoms with E-state index in [1.807, 2.05) is 42.2 Å². The van der Waals surface area contributed by atoms with Gasteiger partial charge in [-0.25, -0.2) is 4.98 Å². The second kappa shape index (κ2) is 8.13. The summed E-state index contributed by atoms with van der Waals surface area (Å²) < 4.78 is 0. The molecule has 5 heteroatoms. The Kier molecular flexibility index (Phi) is 5.66. The molecule has 2 aromatic rings. The van der Waals surface area contributed by atoms with Crippen molar-refractivity contribution in [3.05, 3.63) is 65.5 Å². The van der Waals surface area contributed by atoms with Crippen LogP contribution in [0.2, 0.25) is 0 Å². The average molecular weight is 351 g/mol. The lowest BCUT2D eigenvalue weighted by atomic mass is 10.00. The first-order valence-electron chi connectivity index (χ1n) is 9.16. The van der Waals surface area contributed by atoms with Crippen LogP contribution in [0.4, 0.5) is 0 Å². The molecule has 1 fully saturated rings. The quantitative estimate of drug-likeness (QED) is 0.918. The molecule has 1 aliphatic rings. The Balaban J connectivity index is 1.70. The largest absolute Gasteiger partial charge is 0.344 e. The number of hydrogen-bond donors (Lipinski definition) is 1. The molecular weight excluding hydrogens is 326 g/mol. The highest BCUT2D eigenvalue weighted by molar-refractivity contribution is 5.96. The van der Waals surface area contributed by atoms with Crippen molar-refractivity contribution in [2.45, 2.75) is 32.7 Å². The molecule has 1 aliphatic heterocycles. The van der Waals surface area contributed by atoms with Gasteiger partial charge in [0.15, 0.2) is 0 Å². The zero-order chi connectivity index (χ0) is 18.5. The Morgan fingerprint density at radius 1 is 1.12 bits per heavy atom. The monoisotopic (exact) mass is 351 g/mol. The molecule has 1 N–H and O–H groups in total. The van der Waals surface area contributed by atoms with Crippen molar-refractivity contribution in [2.75, 3.05) is 13.1 Å². The van der Waals surface area contributed by atoms with Crippen LogP contribution in [0.5, 0.6) is 0 Å². The standard InChI is InChI=1S/C21H25N3O2/c1-15-8-7-13-24(14-15)21(26)19-12-6-11-18(23-19)20(25)22-16(2)17-9-4-3-5-10-17/h3-6,9-12,15-16H,7-8,13-14H2,1-2H3,(H,22,25). The third kappa shape index (κ3) is 4.28. The second-order valence-electron chi connectivity index (χ2n) is 7.01. The van der Waals surface area contributed by atoms with Crippen molar-refractivity contribution in [2.24, 2.45) is 5.92 Å². The molecule has 26 heavy (non-hydrogen) atoms. The van der Waals surface area contributed by atoms with Crippen LogP contribution in [0.25, 0.3) is 0 Å². The van der Waals surface area contributed by atoms with Crippen molar-refractivity contribution in [1.82, 2.24) is 15.2 Å². The summed E-state index contributed by atoms with van der Waals surface area (Å²) in [5.74, 6) is 0.135. The maximum atomic E-state index is 12.7. The summed E-state index contributed by atoms with van der Waals surface area (Å²) in [6.07, 6.45) is 2.17. The summed E-state index contributed by atoms with van der Waals surface area (Å²) in [6, 6.07) is 14.7. The minimum Gasteiger partial charge on any atom is -0.344 e. The van der Waals surface area contributed by atoms with Crippen LogP contribution in [0.3, 0.4) is 0 Å². The van der Waals surface area contributed by atoms with Crippen LogP contribution < -0.4 is 5.32 Å². The van der Waals surface area contributed by atoms with Crippen molar-refractivity contribution in [3.8, 4) is 0 Å². The van der Waals surface area contributed by atoms with Crippen molar-refractivity contribution >= 4 is 11.8 Å². The van der Waals surface area contributed by atoms with E-state index >= 15 is 0 Å². The van der Waals surface area contributed by atoms with Gasteiger partial charge in [0, 0.05) is 13.1 Å². The number of nitrogens with zero attached hydrogens (tertiary/aromatic N) is 2. The van der Waals surface area contributed by atoms with Gasteiger partial charge in [0.2, 0.25) is 0 Å². The maximum absolute atomic E-state index is 12.7. The molecule has 1 saturated heterocycles. The van der Waals surface area contributed by atoms with Gasteiger partial charge in [-0.15, -0.1) is 0 Å². The van der Waals surface area contributed by atoms with Gasteiger partial charge in [-0.3, -0.25) is 9.59 Å². The number of piperidine rings is 1. The molecule has 2 amide bonds. The summed E-state index contributed by atoms with van der Waals surface area (Å²) in [5.41, 5.74) is 1.62. The highest BCUT2D eigenvalue weighted by Gasteiger charge is 2.23. The van der Waals surface area contributed by atoms with Crippen LogP contribution in [0, 0.1) is 5.92 Å². The molecule has 0 radical (unpaired) electrons. The van der Waals surface area contributed by atoms with E-state index in [0.29, 0.717) is 11.6 Å². The van der Waals surface area contributed by atoms with Crippen LogP contribution in [0.1, 0.15) is 59.3 Å². The number of carbonyl (C=O) groups is 2. The number of hydrogen-bond acceptors (Lipinski definition) is 3. The van der Waals surface area contributed by atoms with E-state index in [4.69, 9.17) is 0 Å². The normalized spacial score (nSPS) is 18.2. The first-order valence-corrected chi connectivity index (χ1v) is 9.16. The van der Waals surface area contributed by atoms with Gasteiger partial charge in [0.05, 0.1) is 6.04 Å². The molecule has 0 spiro atoms. The molecule has 2 unspecified atom stereocenters. The van der Waals surface area contributed by atoms with E-state index in [1.165, 1.54) is 0 Å². The number of aromatic nitrogens is 1. The van der Waals surface area contributed by atoms with E-state index in [2.05, 4.69) is 17.2 Å². The highest BCUT2D eigenvalue weighted by Crippen LogP contribution is 2.18. The topological polar surface area (TPSA) is 62.3 Å². The molecular formula is C21H25N3O2. The molecule has 2 heterocycles. The minimum absolute atomic E-state index is 0.0951. The average Bonchev–Trinajstić information content (AvgIpc) is 2.68. The summed E-state index contributed by atoms with van der Waals surface area (Å²) in [5, 5.41) is 2.94. The van der Waals surface area contributed by atoms with E-state index < -0.39 is 0 Å². The molecule has 2 atom stereocenters. The molecule has 5 nitrogen and oxygen atoms in total. The number of carbonyl (C=O) groups excluding carboxylic acids is 2. The van der Waals surface area contributed by atoms with Crippen molar-refractivity contribution < 1.29 is 9.59 Å². The van der Waals surface area contributed by atoms with Crippen molar-refractivity contribution in [3.63, 3.8) is 0 Å². The lowest BCUT2D eigenvalue weighted by Crippen LogP contribution is -2.39. The zero-order valence-corrected chi connectivity index (χ0v) is 15.3. The zero-order valence-electron chi connectivity index (χ0n) is 15.3. The third-order valence-electron chi connectivity index (χ3n) is 4.79. The predicted molar refractivity (Wildman–Crippen MR) is 101 cm³/mol. The third-order valence-corrected chi connectivity index (χ3v) is 4.79. The fraction of sp³-hybridized carbons (Fsp3) is 0.381.